The molecule has 0 aliphatic heterocycles. The molecule has 1 aromatic heterocycles. The zero-order chi connectivity index (χ0) is 12.7. The molecular weight excluding hydrogens is 486 g/mol. The van der Waals surface area contributed by atoms with E-state index in [0.717, 1.165) is 24.3 Å². The second kappa shape index (κ2) is 5.03. The average molecular weight is 491 g/mol. The van der Waals surface area contributed by atoms with Crippen LogP contribution in [0.25, 0.3) is 10.9 Å². The maximum absolute atomic E-state index is 11.7. The van der Waals surface area contributed by atoms with Crippen molar-refractivity contribution in [3.05, 3.63) is 30.2 Å². The standard InChI is InChI=1S/C10H5Br4NO2/c1-17-10(16)15-7-3-6(12)5(11)2-4(7)8(13)9(15)14/h2-3H,1H3. The SMILES string of the molecule is COC(=O)n1c(Br)c(Br)c2cc(Br)c(Br)cc21. The van der Waals surface area contributed by atoms with Gasteiger partial charge in [-0.2, -0.15) is 0 Å². The maximum Gasteiger partial charge on any atom is 0.419 e. The molecule has 0 spiro atoms. The first kappa shape index (κ1) is 13.6. The minimum atomic E-state index is -0.443. The van der Waals surface area contributed by atoms with Gasteiger partial charge in [-0.05, 0) is 75.9 Å². The normalized spacial score (nSPS) is 10.9. The predicted octanol–water partition coefficient (Wildman–Crippen LogP) is 5.31. The highest BCUT2D eigenvalue weighted by Gasteiger charge is 2.19. The molecule has 0 aliphatic rings. The molecule has 0 saturated carbocycles. The number of carbonyl (C=O) groups excluding carboxylic acids is 1. The minimum Gasteiger partial charge on any atom is -0.452 e. The number of halogens is 4. The van der Waals surface area contributed by atoms with Crippen molar-refractivity contribution in [1.82, 2.24) is 4.57 Å². The molecule has 1 heterocycles. The van der Waals surface area contributed by atoms with Gasteiger partial charge in [0.05, 0.1) is 17.1 Å². The highest BCUT2D eigenvalue weighted by Crippen LogP contribution is 2.38. The van der Waals surface area contributed by atoms with E-state index in [1.807, 2.05) is 12.1 Å². The van der Waals surface area contributed by atoms with Gasteiger partial charge in [-0.15, -0.1) is 0 Å². The fourth-order valence-corrected chi connectivity index (χ4v) is 3.20. The van der Waals surface area contributed by atoms with Crippen molar-refractivity contribution in [2.75, 3.05) is 7.11 Å². The Hall–Kier alpha value is 0.150. The summed E-state index contributed by atoms with van der Waals surface area (Å²) in [7, 11) is 1.35. The summed E-state index contributed by atoms with van der Waals surface area (Å²) in [5.74, 6) is 0. The molecule has 2 rings (SSSR count). The molecule has 0 aliphatic carbocycles. The van der Waals surface area contributed by atoms with Crippen LogP contribution in [0.15, 0.2) is 30.2 Å². The molecule has 0 N–H and O–H groups in total. The zero-order valence-electron chi connectivity index (χ0n) is 8.43. The van der Waals surface area contributed by atoms with Crippen molar-refractivity contribution in [3.63, 3.8) is 0 Å². The van der Waals surface area contributed by atoms with Gasteiger partial charge in [0, 0.05) is 14.3 Å². The first-order valence-electron chi connectivity index (χ1n) is 4.40. The summed E-state index contributed by atoms with van der Waals surface area (Å²) in [5, 5.41) is 0.914. The second-order valence-corrected chi connectivity index (χ2v) is 6.45. The number of fused-ring (bicyclic) bond motifs is 1. The number of carbonyl (C=O) groups is 1. The monoisotopic (exact) mass is 487 g/mol. The van der Waals surface area contributed by atoms with E-state index in [9.17, 15) is 4.79 Å². The van der Waals surface area contributed by atoms with Gasteiger partial charge in [0.25, 0.3) is 0 Å². The molecule has 90 valence electrons. The predicted molar refractivity (Wildman–Crippen MR) is 80.5 cm³/mol. The third kappa shape index (κ3) is 2.22. The van der Waals surface area contributed by atoms with Gasteiger partial charge in [0.15, 0.2) is 0 Å². The minimum absolute atomic E-state index is 0.443. The number of hydrogen-bond donors (Lipinski definition) is 0. The molecule has 0 bridgehead atoms. The number of nitrogens with zero attached hydrogens (tertiary/aromatic N) is 1. The fourth-order valence-electron chi connectivity index (χ4n) is 1.48. The molecule has 0 saturated heterocycles. The maximum atomic E-state index is 11.7. The number of rotatable bonds is 0. The Morgan fingerprint density at radius 1 is 1.18 bits per heavy atom. The van der Waals surface area contributed by atoms with E-state index < -0.39 is 6.09 Å². The topological polar surface area (TPSA) is 31.2 Å². The van der Waals surface area contributed by atoms with Gasteiger partial charge in [0.2, 0.25) is 0 Å². The van der Waals surface area contributed by atoms with Crippen LogP contribution in [0.5, 0.6) is 0 Å². The van der Waals surface area contributed by atoms with Crippen molar-refractivity contribution in [3.8, 4) is 0 Å². The Morgan fingerprint density at radius 3 is 2.35 bits per heavy atom. The Balaban J connectivity index is 2.89. The highest BCUT2D eigenvalue weighted by atomic mass is 79.9. The molecular formula is C10H5Br4NO2. The lowest BCUT2D eigenvalue weighted by Gasteiger charge is -2.04. The van der Waals surface area contributed by atoms with Gasteiger partial charge in [0.1, 0.15) is 4.60 Å². The van der Waals surface area contributed by atoms with Gasteiger partial charge in [-0.3, -0.25) is 0 Å². The van der Waals surface area contributed by atoms with Crippen LogP contribution < -0.4 is 0 Å². The number of methoxy groups -OCH3 is 1. The lowest BCUT2D eigenvalue weighted by Crippen LogP contribution is -2.11. The van der Waals surface area contributed by atoms with E-state index in [2.05, 4.69) is 63.7 Å². The third-order valence-corrected chi connectivity index (χ3v) is 6.18. The van der Waals surface area contributed by atoms with Crippen LogP contribution in [0.1, 0.15) is 0 Å². The number of benzene rings is 1. The number of aromatic nitrogens is 1. The lowest BCUT2D eigenvalue weighted by molar-refractivity contribution is 0.173. The van der Waals surface area contributed by atoms with E-state index in [4.69, 9.17) is 4.74 Å². The van der Waals surface area contributed by atoms with Gasteiger partial charge in [-0.1, -0.05) is 0 Å². The quantitative estimate of drug-likeness (QED) is 0.501. The van der Waals surface area contributed by atoms with Crippen molar-refractivity contribution in [2.24, 2.45) is 0 Å². The second-order valence-electron chi connectivity index (χ2n) is 3.19. The molecule has 0 fully saturated rings. The van der Waals surface area contributed by atoms with Crippen LogP contribution in [-0.2, 0) is 4.74 Å². The van der Waals surface area contributed by atoms with Crippen molar-refractivity contribution >= 4 is 80.7 Å². The van der Waals surface area contributed by atoms with Crippen LogP contribution in [0.3, 0.4) is 0 Å². The number of hydrogen-bond acceptors (Lipinski definition) is 2. The summed E-state index contributed by atoms with van der Waals surface area (Å²) in [6.07, 6.45) is -0.443. The van der Waals surface area contributed by atoms with E-state index >= 15 is 0 Å². The van der Waals surface area contributed by atoms with Crippen LogP contribution in [-0.4, -0.2) is 17.8 Å². The van der Waals surface area contributed by atoms with Gasteiger partial charge >= 0.3 is 6.09 Å². The summed E-state index contributed by atoms with van der Waals surface area (Å²) >= 11 is 13.7. The van der Waals surface area contributed by atoms with E-state index in [0.29, 0.717) is 4.60 Å². The first-order chi connectivity index (χ1) is 7.97. The van der Waals surface area contributed by atoms with E-state index in [1.165, 1.54) is 11.7 Å². The van der Waals surface area contributed by atoms with Crippen LogP contribution in [0.4, 0.5) is 4.79 Å². The van der Waals surface area contributed by atoms with Crippen LogP contribution in [0.2, 0.25) is 0 Å². The smallest absolute Gasteiger partial charge is 0.419 e. The molecule has 0 radical (unpaired) electrons. The Morgan fingerprint density at radius 2 is 1.76 bits per heavy atom. The Bertz CT molecular complexity index is 621. The Kier molecular flexibility index (Phi) is 4.02. The largest absolute Gasteiger partial charge is 0.452 e. The van der Waals surface area contributed by atoms with E-state index in [1.54, 1.807) is 0 Å². The fraction of sp³-hybridized carbons (Fsp3) is 0.100. The average Bonchev–Trinajstić information content (AvgIpc) is 2.53. The Labute approximate surface area is 131 Å². The van der Waals surface area contributed by atoms with Crippen LogP contribution in [0, 0.1) is 0 Å². The van der Waals surface area contributed by atoms with Crippen molar-refractivity contribution < 1.29 is 9.53 Å². The molecule has 0 atom stereocenters. The highest BCUT2D eigenvalue weighted by molar-refractivity contribution is 9.13. The van der Waals surface area contributed by atoms with Crippen molar-refractivity contribution in [2.45, 2.75) is 0 Å². The van der Waals surface area contributed by atoms with Crippen molar-refractivity contribution in [1.29, 1.82) is 0 Å². The third-order valence-electron chi connectivity index (χ3n) is 2.25. The number of ether oxygens (including phenoxy) is 1. The molecule has 17 heavy (non-hydrogen) atoms. The van der Waals surface area contributed by atoms with Gasteiger partial charge in [-0.25, -0.2) is 9.36 Å². The van der Waals surface area contributed by atoms with Crippen LogP contribution >= 0.6 is 63.7 Å². The van der Waals surface area contributed by atoms with E-state index in [-0.39, 0.29) is 0 Å². The molecule has 7 heteroatoms. The zero-order valence-corrected chi connectivity index (χ0v) is 14.8. The molecule has 0 unspecified atom stereocenters. The summed E-state index contributed by atoms with van der Waals surface area (Å²) < 4.78 is 9.44. The molecule has 0 amide bonds. The molecule has 1 aromatic carbocycles. The molecule has 2 aromatic rings. The first-order valence-corrected chi connectivity index (χ1v) is 7.57. The van der Waals surface area contributed by atoms with Gasteiger partial charge < -0.3 is 4.74 Å². The lowest BCUT2D eigenvalue weighted by atomic mass is 10.2. The summed E-state index contributed by atoms with van der Waals surface area (Å²) in [5.41, 5.74) is 0.755. The summed E-state index contributed by atoms with van der Waals surface area (Å²) in [6, 6.07) is 3.78. The summed E-state index contributed by atoms with van der Waals surface area (Å²) in [6.45, 7) is 0. The summed E-state index contributed by atoms with van der Waals surface area (Å²) in [4.78, 5) is 11.7. The molecule has 3 nitrogen and oxygen atoms in total.